The Morgan fingerprint density at radius 2 is 1.96 bits per heavy atom. The summed E-state index contributed by atoms with van der Waals surface area (Å²) < 4.78 is 1.78. The van der Waals surface area contributed by atoms with E-state index in [9.17, 15) is 14.4 Å². The third-order valence-corrected chi connectivity index (χ3v) is 5.16. The van der Waals surface area contributed by atoms with Crippen LogP contribution in [0.25, 0.3) is 0 Å². The number of nitrogens with zero attached hydrogens (tertiary/aromatic N) is 2. The lowest BCUT2D eigenvalue weighted by Gasteiger charge is -2.14. The highest BCUT2D eigenvalue weighted by Gasteiger charge is 2.30. The summed E-state index contributed by atoms with van der Waals surface area (Å²) in [6.07, 6.45) is 0.745. The highest BCUT2D eigenvalue weighted by atomic mass is 16.2. The van der Waals surface area contributed by atoms with Crippen molar-refractivity contribution in [2.45, 2.75) is 39.5 Å². The van der Waals surface area contributed by atoms with E-state index in [1.807, 2.05) is 52.1 Å². The number of hydrogen-bond donors (Lipinski definition) is 2. The molecule has 1 aliphatic heterocycles. The lowest BCUT2D eigenvalue weighted by atomic mass is 9.97. The van der Waals surface area contributed by atoms with Crippen LogP contribution >= 0.6 is 0 Å². The largest absolute Gasteiger partial charge is 0.326 e. The van der Waals surface area contributed by atoms with E-state index in [2.05, 4.69) is 15.7 Å². The van der Waals surface area contributed by atoms with Crippen molar-refractivity contribution in [2.24, 2.45) is 13.0 Å². The Morgan fingerprint density at radius 3 is 2.48 bits per heavy atom. The summed E-state index contributed by atoms with van der Waals surface area (Å²) in [6.45, 7) is 5.74. The zero-order valence-electron chi connectivity index (χ0n) is 16.0. The highest BCUT2D eigenvalue weighted by molar-refractivity contribution is 6.03. The molecule has 1 aromatic heterocycles. The normalized spacial score (nSPS) is 17.7. The Kier molecular flexibility index (Phi) is 5.12. The number of carbonyl (C=O) groups is 3. The predicted molar refractivity (Wildman–Crippen MR) is 101 cm³/mol. The quantitative estimate of drug-likeness (QED) is 0.789. The van der Waals surface area contributed by atoms with Gasteiger partial charge in [-0.1, -0.05) is 12.1 Å². The lowest BCUT2D eigenvalue weighted by molar-refractivity contribution is -0.125. The number of amides is 3. The van der Waals surface area contributed by atoms with E-state index in [4.69, 9.17) is 0 Å². The zero-order chi connectivity index (χ0) is 19.7. The van der Waals surface area contributed by atoms with Gasteiger partial charge in [0.25, 0.3) is 0 Å². The monoisotopic (exact) mass is 368 g/mol. The fraction of sp³-hybridized carbons (Fsp3) is 0.400. The van der Waals surface area contributed by atoms with Crippen LogP contribution in [0.15, 0.2) is 24.3 Å². The summed E-state index contributed by atoms with van der Waals surface area (Å²) in [7, 11) is 1.87. The van der Waals surface area contributed by atoms with Crippen LogP contribution < -0.4 is 10.6 Å². The summed E-state index contributed by atoms with van der Waals surface area (Å²) in [5, 5.41) is 9.63. The molecule has 0 radical (unpaired) electrons. The van der Waals surface area contributed by atoms with Gasteiger partial charge in [-0.05, 0) is 44.9 Å². The second-order valence-electron chi connectivity index (χ2n) is 7.13. The lowest BCUT2D eigenvalue weighted by Crippen LogP contribution is -2.22. The molecule has 3 amide bonds. The minimum Gasteiger partial charge on any atom is -0.326 e. The standard InChI is InChI=1S/C20H24N4O3/c1-11(18-12(2)23-24(4)13(18)3)19(26)21-16-7-5-14(6-8-16)9-15-10-17(25)22-20(15)27/h5-8,11,15H,9-10H2,1-4H3,(H,21,26)(H,22,25,27). The molecule has 0 bridgehead atoms. The van der Waals surface area contributed by atoms with Crippen molar-refractivity contribution in [3.05, 3.63) is 46.8 Å². The molecule has 1 aliphatic rings. The molecule has 0 saturated carbocycles. The Labute approximate surface area is 158 Å². The number of hydrogen-bond acceptors (Lipinski definition) is 4. The maximum Gasteiger partial charge on any atom is 0.231 e. The molecule has 2 aromatic rings. The van der Waals surface area contributed by atoms with Gasteiger partial charge in [-0.3, -0.25) is 24.4 Å². The van der Waals surface area contributed by atoms with E-state index in [0.717, 1.165) is 22.5 Å². The third-order valence-electron chi connectivity index (χ3n) is 5.16. The predicted octanol–water partition coefficient (Wildman–Crippen LogP) is 1.98. The van der Waals surface area contributed by atoms with Gasteiger partial charge in [0.05, 0.1) is 17.5 Å². The smallest absolute Gasteiger partial charge is 0.231 e. The van der Waals surface area contributed by atoms with Crippen LogP contribution in [0.3, 0.4) is 0 Å². The van der Waals surface area contributed by atoms with E-state index in [0.29, 0.717) is 12.1 Å². The molecule has 1 aromatic carbocycles. The number of benzene rings is 1. The molecular formula is C20H24N4O3. The number of aromatic nitrogens is 2. The molecule has 7 heteroatoms. The van der Waals surface area contributed by atoms with Gasteiger partial charge < -0.3 is 5.32 Å². The maximum absolute atomic E-state index is 12.6. The molecule has 0 aliphatic carbocycles. The minimum absolute atomic E-state index is 0.0947. The van der Waals surface area contributed by atoms with Crippen LogP contribution in [0.4, 0.5) is 5.69 Å². The third kappa shape index (κ3) is 3.92. The molecular weight excluding hydrogens is 344 g/mol. The molecule has 0 spiro atoms. The second kappa shape index (κ2) is 7.34. The van der Waals surface area contributed by atoms with Crippen molar-refractivity contribution in [1.29, 1.82) is 0 Å². The fourth-order valence-electron chi connectivity index (χ4n) is 3.58. The molecule has 3 rings (SSSR count). The Hall–Kier alpha value is -2.96. The van der Waals surface area contributed by atoms with Crippen LogP contribution in [0, 0.1) is 19.8 Å². The number of aryl methyl sites for hydroxylation is 2. The van der Waals surface area contributed by atoms with Crippen LogP contribution in [0.1, 0.15) is 41.8 Å². The first-order valence-corrected chi connectivity index (χ1v) is 9.00. The topological polar surface area (TPSA) is 93.1 Å². The van der Waals surface area contributed by atoms with Gasteiger partial charge in [0, 0.05) is 30.4 Å². The van der Waals surface area contributed by atoms with Gasteiger partial charge in [0.2, 0.25) is 17.7 Å². The van der Waals surface area contributed by atoms with E-state index >= 15 is 0 Å². The van der Waals surface area contributed by atoms with E-state index in [1.165, 1.54) is 0 Å². The van der Waals surface area contributed by atoms with E-state index < -0.39 is 0 Å². The van der Waals surface area contributed by atoms with Crippen molar-refractivity contribution in [3.8, 4) is 0 Å². The summed E-state index contributed by atoms with van der Waals surface area (Å²) in [4.78, 5) is 35.6. The molecule has 7 nitrogen and oxygen atoms in total. The van der Waals surface area contributed by atoms with Gasteiger partial charge in [0.1, 0.15) is 0 Å². The first-order chi connectivity index (χ1) is 12.8. The number of anilines is 1. The van der Waals surface area contributed by atoms with E-state index in [-0.39, 0.29) is 36.0 Å². The Morgan fingerprint density at radius 1 is 1.30 bits per heavy atom. The van der Waals surface area contributed by atoms with E-state index in [1.54, 1.807) is 4.68 Å². The summed E-state index contributed by atoms with van der Waals surface area (Å²) in [6, 6.07) is 7.38. The van der Waals surface area contributed by atoms with Crippen molar-refractivity contribution >= 4 is 23.4 Å². The van der Waals surface area contributed by atoms with Crippen molar-refractivity contribution in [1.82, 2.24) is 15.1 Å². The number of imide groups is 1. The van der Waals surface area contributed by atoms with Crippen molar-refractivity contribution in [2.75, 3.05) is 5.32 Å². The van der Waals surface area contributed by atoms with Gasteiger partial charge in [-0.2, -0.15) is 5.10 Å². The van der Waals surface area contributed by atoms with Gasteiger partial charge in [-0.25, -0.2) is 0 Å². The molecule has 27 heavy (non-hydrogen) atoms. The van der Waals surface area contributed by atoms with Crippen LogP contribution in [0.2, 0.25) is 0 Å². The van der Waals surface area contributed by atoms with Crippen LogP contribution in [-0.2, 0) is 27.9 Å². The van der Waals surface area contributed by atoms with Gasteiger partial charge >= 0.3 is 0 Å². The zero-order valence-corrected chi connectivity index (χ0v) is 16.0. The first kappa shape index (κ1) is 18.8. The highest BCUT2D eigenvalue weighted by Crippen LogP contribution is 2.25. The van der Waals surface area contributed by atoms with Crippen LogP contribution in [0.5, 0.6) is 0 Å². The molecule has 2 N–H and O–H groups in total. The average Bonchev–Trinajstić information content (AvgIpc) is 3.06. The molecule has 2 heterocycles. The minimum atomic E-state index is -0.313. The SMILES string of the molecule is Cc1nn(C)c(C)c1C(C)C(=O)Nc1ccc(CC2CC(=O)NC2=O)cc1. The summed E-state index contributed by atoms with van der Waals surface area (Å²) in [5.74, 6) is -1.15. The number of rotatable bonds is 5. The van der Waals surface area contributed by atoms with Gasteiger partial charge in [-0.15, -0.1) is 0 Å². The molecule has 2 unspecified atom stereocenters. The molecule has 2 atom stereocenters. The molecule has 142 valence electrons. The Balaban J connectivity index is 1.64. The summed E-state index contributed by atoms with van der Waals surface area (Å²) >= 11 is 0. The van der Waals surface area contributed by atoms with Gasteiger partial charge in [0.15, 0.2) is 0 Å². The number of nitrogens with one attached hydrogen (secondary N) is 2. The fourth-order valence-corrected chi connectivity index (χ4v) is 3.58. The van der Waals surface area contributed by atoms with Crippen LogP contribution in [-0.4, -0.2) is 27.5 Å². The molecule has 1 fully saturated rings. The Bertz CT molecular complexity index is 899. The first-order valence-electron chi connectivity index (χ1n) is 9.00. The number of carbonyl (C=O) groups excluding carboxylic acids is 3. The second-order valence-corrected chi connectivity index (χ2v) is 7.13. The molecule has 1 saturated heterocycles. The maximum atomic E-state index is 12.6. The average molecular weight is 368 g/mol. The summed E-state index contributed by atoms with van der Waals surface area (Å²) in [5.41, 5.74) is 4.44. The van der Waals surface area contributed by atoms with Crippen molar-refractivity contribution in [3.63, 3.8) is 0 Å². The van der Waals surface area contributed by atoms with Crippen molar-refractivity contribution < 1.29 is 14.4 Å².